The molecule has 1 atom stereocenters. The molecule has 1 aromatic carbocycles. The first kappa shape index (κ1) is 20.0. The lowest BCUT2D eigenvalue weighted by Crippen LogP contribution is -2.25. The Morgan fingerprint density at radius 2 is 2.00 bits per heavy atom. The fourth-order valence-corrected chi connectivity index (χ4v) is 3.86. The van der Waals surface area contributed by atoms with Gasteiger partial charge in [-0.2, -0.15) is 0 Å². The smallest absolute Gasteiger partial charge is 0.206 e. The number of nitrogens with zero attached hydrogens (tertiary/aromatic N) is 2. The molecule has 1 aliphatic rings. The molecule has 27 heavy (non-hydrogen) atoms. The van der Waals surface area contributed by atoms with Crippen LogP contribution in [-0.2, 0) is 9.47 Å². The zero-order valence-electron chi connectivity index (χ0n) is 16.8. The summed E-state index contributed by atoms with van der Waals surface area (Å²) in [5, 5.41) is 13.7. The van der Waals surface area contributed by atoms with E-state index in [1.165, 1.54) is 0 Å². The Morgan fingerprint density at radius 1 is 1.26 bits per heavy atom. The van der Waals surface area contributed by atoms with Gasteiger partial charge in [0.1, 0.15) is 23.5 Å². The molecule has 1 aliphatic heterocycles. The topological polar surface area (TPSA) is 65.5 Å². The van der Waals surface area contributed by atoms with Crippen molar-refractivity contribution in [2.75, 3.05) is 25.1 Å². The maximum atomic E-state index is 6.06. The third-order valence-electron chi connectivity index (χ3n) is 4.42. The number of ether oxygens (including phenoxy) is 3. The summed E-state index contributed by atoms with van der Waals surface area (Å²) in [5.74, 6) is 0.376. The van der Waals surface area contributed by atoms with Gasteiger partial charge in [0.25, 0.3) is 0 Å². The highest BCUT2D eigenvalue weighted by molar-refractivity contribution is 7.18. The Balaban J connectivity index is 1.66. The van der Waals surface area contributed by atoms with Gasteiger partial charge in [0, 0.05) is 12.1 Å². The lowest BCUT2D eigenvalue weighted by molar-refractivity contribution is -0.141. The van der Waals surface area contributed by atoms with E-state index in [9.17, 15) is 0 Å². The van der Waals surface area contributed by atoms with E-state index >= 15 is 0 Å². The van der Waals surface area contributed by atoms with E-state index in [1.807, 2.05) is 13.8 Å². The third kappa shape index (κ3) is 5.18. The second-order valence-electron chi connectivity index (χ2n) is 7.39. The van der Waals surface area contributed by atoms with Gasteiger partial charge < -0.3 is 19.5 Å². The van der Waals surface area contributed by atoms with E-state index < -0.39 is 5.79 Å². The Morgan fingerprint density at radius 3 is 2.63 bits per heavy atom. The van der Waals surface area contributed by atoms with Crippen LogP contribution >= 0.6 is 11.3 Å². The van der Waals surface area contributed by atoms with Crippen molar-refractivity contribution in [3.8, 4) is 16.3 Å². The van der Waals surface area contributed by atoms with Crippen LogP contribution in [-0.4, -0.2) is 41.8 Å². The molecule has 148 valence electrons. The fraction of sp³-hybridized carbons (Fsp3) is 0.600. The molecule has 0 bridgehead atoms. The molecule has 1 fully saturated rings. The van der Waals surface area contributed by atoms with Crippen molar-refractivity contribution in [2.45, 2.75) is 59.4 Å². The first-order valence-corrected chi connectivity index (χ1v) is 10.3. The highest BCUT2D eigenvalue weighted by atomic mass is 32.1. The van der Waals surface area contributed by atoms with E-state index in [0.717, 1.165) is 52.0 Å². The summed E-state index contributed by atoms with van der Waals surface area (Å²) in [5.41, 5.74) is 3.23. The van der Waals surface area contributed by atoms with Gasteiger partial charge in [0.05, 0.1) is 6.61 Å². The zero-order valence-corrected chi connectivity index (χ0v) is 17.6. The first-order valence-electron chi connectivity index (χ1n) is 9.51. The molecule has 0 amide bonds. The highest BCUT2D eigenvalue weighted by Gasteiger charge is 2.33. The van der Waals surface area contributed by atoms with Gasteiger partial charge in [-0.1, -0.05) is 24.7 Å². The first-order chi connectivity index (χ1) is 12.9. The summed E-state index contributed by atoms with van der Waals surface area (Å²) in [4.78, 5) is 0. The number of aryl methyl sites for hydroxylation is 2. The van der Waals surface area contributed by atoms with Gasteiger partial charge in [-0.25, -0.2) is 0 Å². The summed E-state index contributed by atoms with van der Waals surface area (Å²) < 4.78 is 17.5. The highest BCUT2D eigenvalue weighted by Crippen LogP contribution is 2.33. The Hall–Kier alpha value is -1.70. The summed E-state index contributed by atoms with van der Waals surface area (Å²) in [6.07, 6.45) is 2.25. The van der Waals surface area contributed by atoms with Gasteiger partial charge >= 0.3 is 0 Å². The molecule has 6 nitrogen and oxygen atoms in total. The Bertz CT molecular complexity index is 753. The number of hydrogen-bond acceptors (Lipinski definition) is 7. The van der Waals surface area contributed by atoms with Crippen molar-refractivity contribution in [3.63, 3.8) is 0 Å². The van der Waals surface area contributed by atoms with Gasteiger partial charge in [-0.05, 0) is 57.4 Å². The molecular weight excluding hydrogens is 362 g/mol. The van der Waals surface area contributed by atoms with Crippen molar-refractivity contribution < 1.29 is 14.2 Å². The standard InChI is InChI=1S/C20H29N3O3S/c1-6-7-8-21-19-23-22-18(27-19)15-9-13(2)17(14(3)10-15)24-11-16-12-25-20(4,5)26-16/h9-10,16H,6-8,11-12H2,1-5H3,(H,21,23). The lowest BCUT2D eigenvalue weighted by Gasteiger charge is -2.18. The van der Waals surface area contributed by atoms with Gasteiger partial charge in [0.2, 0.25) is 5.13 Å². The van der Waals surface area contributed by atoms with Gasteiger partial charge in [-0.15, -0.1) is 10.2 Å². The third-order valence-corrected chi connectivity index (χ3v) is 5.35. The van der Waals surface area contributed by atoms with Crippen LogP contribution in [0.5, 0.6) is 5.75 Å². The summed E-state index contributed by atoms with van der Waals surface area (Å²) >= 11 is 1.58. The molecule has 1 N–H and O–H groups in total. The van der Waals surface area contributed by atoms with E-state index in [4.69, 9.17) is 14.2 Å². The van der Waals surface area contributed by atoms with Crippen LogP contribution in [0.4, 0.5) is 5.13 Å². The number of hydrogen-bond donors (Lipinski definition) is 1. The Kier molecular flexibility index (Phi) is 6.34. The molecule has 0 spiro atoms. The van der Waals surface area contributed by atoms with Crippen LogP contribution in [0.25, 0.3) is 10.6 Å². The van der Waals surface area contributed by atoms with Crippen LogP contribution in [0, 0.1) is 13.8 Å². The number of rotatable bonds is 8. The van der Waals surface area contributed by atoms with Crippen molar-refractivity contribution >= 4 is 16.5 Å². The van der Waals surface area contributed by atoms with Crippen molar-refractivity contribution in [2.24, 2.45) is 0 Å². The van der Waals surface area contributed by atoms with Crippen molar-refractivity contribution in [1.82, 2.24) is 10.2 Å². The molecule has 0 saturated carbocycles. The molecule has 1 unspecified atom stereocenters. The molecule has 1 aromatic heterocycles. The zero-order chi connectivity index (χ0) is 19.4. The largest absolute Gasteiger partial charge is 0.490 e. The lowest BCUT2D eigenvalue weighted by atomic mass is 10.1. The minimum absolute atomic E-state index is 0.0432. The molecule has 3 rings (SSSR count). The van der Waals surface area contributed by atoms with Crippen LogP contribution in [0.15, 0.2) is 12.1 Å². The molecule has 2 aromatic rings. The van der Waals surface area contributed by atoms with Crippen LogP contribution in [0.1, 0.15) is 44.7 Å². The molecule has 1 saturated heterocycles. The van der Waals surface area contributed by atoms with Crippen molar-refractivity contribution in [3.05, 3.63) is 23.3 Å². The van der Waals surface area contributed by atoms with Crippen molar-refractivity contribution in [1.29, 1.82) is 0 Å². The molecule has 7 heteroatoms. The van der Waals surface area contributed by atoms with Crippen LogP contribution in [0.3, 0.4) is 0 Å². The normalized spacial score (nSPS) is 18.6. The predicted octanol–water partition coefficient (Wildman–Crippen LogP) is 4.56. The number of nitrogens with one attached hydrogen (secondary N) is 1. The summed E-state index contributed by atoms with van der Waals surface area (Å²) in [7, 11) is 0. The summed E-state index contributed by atoms with van der Waals surface area (Å²) in [6.45, 7) is 12.1. The van der Waals surface area contributed by atoms with Crippen LogP contribution < -0.4 is 10.1 Å². The van der Waals surface area contributed by atoms with E-state index in [0.29, 0.717) is 13.2 Å². The van der Waals surface area contributed by atoms with Gasteiger partial charge in [-0.3, -0.25) is 0 Å². The second kappa shape index (κ2) is 8.54. The summed E-state index contributed by atoms with van der Waals surface area (Å²) in [6, 6.07) is 4.21. The average Bonchev–Trinajstić information content (AvgIpc) is 3.20. The maximum absolute atomic E-state index is 6.06. The van der Waals surface area contributed by atoms with E-state index in [1.54, 1.807) is 11.3 Å². The molecular formula is C20H29N3O3S. The molecule has 0 radical (unpaired) electrons. The van der Waals surface area contributed by atoms with Crippen LogP contribution in [0.2, 0.25) is 0 Å². The van der Waals surface area contributed by atoms with Gasteiger partial charge in [0.15, 0.2) is 5.79 Å². The number of anilines is 1. The minimum Gasteiger partial charge on any atom is -0.490 e. The predicted molar refractivity (Wildman–Crippen MR) is 109 cm³/mol. The molecule has 0 aliphatic carbocycles. The average molecular weight is 392 g/mol. The monoisotopic (exact) mass is 391 g/mol. The quantitative estimate of drug-likeness (QED) is 0.665. The SMILES string of the molecule is CCCCNc1nnc(-c2cc(C)c(OCC3COC(C)(C)O3)c(C)c2)s1. The number of benzene rings is 1. The number of unbranched alkanes of at least 4 members (excludes halogenated alkanes) is 1. The van der Waals surface area contributed by atoms with E-state index in [-0.39, 0.29) is 6.10 Å². The molecule has 2 heterocycles. The fourth-order valence-electron chi connectivity index (χ4n) is 3.11. The minimum atomic E-state index is -0.525. The van der Waals surface area contributed by atoms with E-state index in [2.05, 4.69) is 48.4 Å². The Labute approximate surface area is 165 Å². The second-order valence-corrected chi connectivity index (χ2v) is 8.37. The number of aromatic nitrogens is 2. The maximum Gasteiger partial charge on any atom is 0.206 e.